The Bertz CT molecular complexity index is 588. The van der Waals surface area contributed by atoms with Gasteiger partial charge in [-0.1, -0.05) is 44.0 Å². The number of carbonyl (C=O) groups is 2. The second kappa shape index (κ2) is 5.51. The number of nitrogens with zero attached hydrogens (tertiary/aromatic N) is 1. The molecule has 0 unspecified atom stereocenters. The van der Waals surface area contributed by atoms with E-state index >= 15 is 0 Å². The topological polar surface area (TPSA) is 37.4 Å². The van der Waals surface area contributed by atoms with Crippen molar-refractivity contribution in [2.24, 2.45) is 11.8 Å². The highest BCUT2D eigenvalue weighted by molar-refractivity contribution is 9.12. The number of halogens is 2. The van der Waals surface area contributed by atoms with Gasteiger partial charge in [0.15, 0.2) is 0 Å². The van der Waals surface area contributed by atoms with Crippen molar-refractivity contribution in [2.75, 3.05) is 4.90 Å². The van der Waals surface area contributed by atoms with Crippen molar-refractivity contribution in [3.05, 3.63) is 29.3 Å². The van der Waals surface area contributed by atoms with Crippen molar-refractivity contribution < 1.29 is 9.59 Å². The average Bonchev–Trinajstić information content (AvgIpc) is 2.66. The van der Waals surface area contributed by atoms with Gasteiger partial charge in [0, 0.05) is 9.65 Å². The first-order valence-corrected chi connectivity index (χ1v) is 8.96. The molecule has 2 fully saturated rings. The SMILES string of the molecule is Cc1ccc(C)c(N2C(=O)[C@H]3C[C@@H](Br)[C@H](Br)C[C@H]3C2=O)c1. The first kappa shape index (κ1) is 15.2. The second-order valence-corrected chi connectivity index (χ2v) is 8.37. The number of alkyl halides is 2. The Balaban J connectivity index is 2.00. The van der Waals surface area contributed by atoms with Crippen LogP contribution in [0.5, 0.6) is 0 Å². The highest BCUT2D eigenvalue weighted by atomic mass is 79.9. The van der Waals surface area contributed by atoms with Crippen molar-refractivity contribution in [1.82, 2.24) is 0 Å². The molecule has 0 aromatic heterocycles. The lowest BCUT2D eigenvalue weighted by molar-refractivity contribution is -0.122. The summed E-state index contributed by atoms with van der Waals surface area (Å²) in [6.07, 6.45) is 1.43. The molecule has 2 amide bonds. The van der Waals surface area contributed by atoms with Gasteiger partial charge in [0.25, 0.3) is 0 Å². The highest BCUT2D eigenvalue weighted by Gasteiger charge is 2.52. The van der Waals surface area contributed by atoms with Crippen LogP contribution in [0.3, 0.4) is 0 Å². The Hall–Kier alpha value is -0.680. The molecule has 5 heteroatoms. The molecule has 1 aromatic carbocycles. The molecule has 0 spiro atoms. The number of benzene rings is 1. The summed E-state index contributed by atoms with van der Waals surface area (Å²) >= 11 is 7.22. The van der Waals surface area contributed by atoms with Gasteiger partial charge in [-0.3, -0.25) is 9.59 Å². The van der Waals surface area contributed by atoms with Gasteiger partial charge in [0.2, 0.25) is 11.8 Å². The Morgan fingerprint density at radius 3 is 2.05 bits per heavy atom. The third-order valence-electron chi connectivity index (χ3n) is 4.52. The maximum absolute atomic E-state index is 12.7. The number of imide groups is 1. The van der Waals surface area contributed by atoms with E-state index in [1.807, 2.05) is 32.0 Å². The summed E-state index contributed by atoms with van der Waals surface area (Å²) < 4.78 is 0. The van der Waals surface area contributed by atoms with Crippen LogP contribution in [0.25, 0.3) is 0 Å². The fraction of sp³-hybridized carbons (Fsp3) is 0.500. The molecule has 0 N–H and O–H groups in total. The molecule has 1 saturated carbocycles. The van der Waals surface area contributed by atoms with Crippen LogP contribution in [0.4, 0.5) is 5.69 Å². The molecule has 2 aliphatic rings. The largest absolute Gasteiger partial charge is 0.274 e. The molecule has 1 aliphatic carbocycles. The molecule has 112 valence electrons. The van der Waals surface area contributed by atoms with E-state index in [1.165, 1.54) is 4.90 Å². The molecule has 0 radical (unpaired) electrons. The number of hydrogen-bond donors (Lipinski definition) is 0. The number of amides is 2. The molecule has 1 saturated heterocycles. The van der Waals surface area contributed by atoms with Gasteiger partial charge in [0.05, 0.1) is 17.5 Å². The zero-order valence-corrected chi connectivity index (χ0v) is 15.1. The third kappa shape index (κ3) is 2.48. The molecule has 1 aliphatic heterocycles. The third-order valence-corrected chi connectivity index (χ3v) is 7.25. The predicted molar refractivity (Wildman–Crippen MR) is 90.1 cm³/mol. The molecule has 1 aromatic rings. The van der Waals surface area contributed by atoms with E-state index in [0.29, 0.717) is 12.8 Å². The number of anilines is 1. The van der Waals surface area contributed by atoms with Crippen LogP contribution in [0.1, 0.15) is 24.0 Å². The van der Waals surface area contributed by atoms with Crippen LogP contribution in [0, 0.1) is 25.7 Å². The summed E-state index contributed by atoms with van der Waals surface area (Å²) in [6.45, 7) is 3.92. The zero-order valence-electron chi connectivity index (χ0n) is 12.0. The Morgan fingerprint density at radius 2 is 1.52 bits per heavy atom. The molecule has 4 atom stereocenters. The van der Waals surface area contributed by atoms with Crippen LogP contribution < -0.4 is 4.90 Å². The molecule has 3 rings (SSSR count). The van der Waals surface area contributed by atoms with Gasteiger partial charge >= 0.3 is 0 Å². The van der Waals surface area contributed by atoms with Crippen molar-refractivity contribution in [3.63, 3.8) is 0 Å². The van der Waals surface area contributed by atoms with Gasteiger partial charge < -0.3 is 0 Å². The van der Waals surface area contributed by atoms with Crippen LogP contribution in [0.15, 0.2) is 18.2 Å². The van der Waals surface area contributed by atoms with Gasteiger partial charge in [-0.25, -0.2) is 4.90 Å². The van der Waals surface area contributed by atoms with Crippen molar-refractivity contribution in [2.45, 2.75) is 36.3 Å². The molecular weight excluding hydrogens is 398 g/mol. The summed E-state index contributed by atoms with van der Waals surface area (Å²) in [7, 11) is 0. The standard InChI is InChI=1S/C16H17Br2NO2/c1-8-3-4-9(2)14(5-8)19-15(20)10-6-12(17)13(18)7-11(10)16(19)21/h3-5,10-13H,6-7H2,1-2H3/t10-,11+,12-,13-/m1/s1. The number of hydrogen-bond acceptors (Lipinski definition) is 2. The van der Waals surface area contributed by atoms with E-state index in [4.69, 9.17) is 0 Å². The summed E-state index contributed by atoms with van der Waals surface area (Å²) in [5, 5.41) is 0. The predicted octanol–water partition coefficient (Wildman–Crippen LogP) is 3.73. The normalized spacial score (nSPS) is 32.5. The Labute approximate surface area is 141 Å². The molecular formula is C16H17Br2NO2. The lowest BCUT2D eigenvalue weighted by Crippen LogP contribution is -2.34. The summed E-state index contributed by atoms with van der Waals surface area (Å²) in [6, 6.07) is 5.90. The Morgan fingerprint density at radius 1 is 1.00 bits per heavy atom. The molecule has 3 nitrogen and oxygen atoms in total. The van der Waals surface area contributed by atoms with Crippen LogP contribution >= 0.6 is 31.9 Å². The molecule has 1 heterocycles. The first-order valence-electron chi connectivity index (χ1n) is 7.13. The summed E-state index contributed by atoms with van der Waals surface area (Å²) in [5.74, 6) is -0.448. The van der Waals surface area contributed by atoms with Crippen molar-refractivity contribution in [1.29, 1.82) is 0 Å². The number of aryl methyl sites for hydroxylation is 2. The summed E-state index contributed by atoms with van der Waals surface area (Å²) in [5.41, 5.74) is 2.77. The smallest absolute Gasteiger partial charge is 0.237 e. The van der Waals surface area contributed by atoms with E-state index in [0.717, 1.165) is 16.8 Å². The number of carbonyl (C=O) groups excluding carboxylic acids is 2. The van der Waals surface area contributed by atoms with Crippen LogP contribution in [-0.4, -0.2) is 21.5 Å². The van der Waals surface area contributed by atoms with Gasteiger partial charge in [-0.15, -0.1) is 0 Å². The lowest BCUT2D eigenvalue weighted by Gasteiger charge is -2.29. The quantitative estimate of drug-likeness (QED) is 0.518. The highest BCUT2D eigenvalue weighted by Crippen LogP contribution is 2.44. The summed E-state index contributed by atoms with van der Waals surface area (Å²) in [4.78, 5) is 27.4. The molecule has 21 heavy (non-hydrogen) atoms. The van der Waals surface area contributed by atoms with Gasteiger partial charge in [-0.05, 0) is 43.9 Å². The number of fused-ring (bicyclic) bond motifs is 1. The van der Waals surface area contributed by atoms with Crippen LogP contribution in [-0.2, 0) is 9.59 Å². The minimum absolute atomic E-state index is 0.0393. The zero-order chi connectivity index (χ0) is 15.3. The second-order valence-electron chi connectivity index (χ2n) is 6.02. The molecule has 0 bridgehead atoms. The van der Waals surface area contributed by atoms with E-state index in [-0.39, 0.29) is 33.3 Å². The monoisotopic (exact) mass is 413 g/mol. The number of rotatable bonds is 1. The van der Waals surface area contributed by atoms with E-state index in [9.17, 15) is 9.59 Å². The van der Waals surface area contributed by atoms with Gasteiger partial charge in [0.1, 0.15) is 0 Å². The fourth-order valence-electron chi connectivity index (χ4n) is 3.29. The first-order chi connectivity index (χ1) is 9.90. The maximum Gasteiger partial charge on any atom is 0.237 e. The van der Waals surface area contributed by atoms with E-state index < -0.39 is 0 Å². The maximum atomic E-state index is 12.7. The van der Waals surface area contributed by atoms with E-state index in [1.54, 1.807) is 0 Å². The van der Waals surface area contributed by atoms with Crippen LogP contribution in [0.2, 0.25) is 0 Å². The van der Waals surface area contributed by atoms with Gasteiger partial charge in [-0.2, -0.15) is 0 Å². The lowest BCUT2D eigenvalue weighted by atomic mass is 9.81. The fourth-order valence-corrected chi connectivity index (χ4v) is 4.53. The van der Waals surface area contributed by atoms with E-state index in [2.05, 4.69) is 31.9 Å². The minimum Gasteiger partial charge on any atom is -0.274 e. The minimum atomic E-state index is -0.185. The van der Waals surface area contributed by atoms with Crippen molar-refractivity contribution >= 4 is 49.4 Å². The average molecular weight is 415 g/mol. The Kier molecular flexibility index (Phi) is 3.99. The van der Waals surface area contributed by atoms with Crippen molar-refractivity contribution in [3.8, 4) is 0 Å².